The minimum absolute atomic E-state index is 0.679. The van der Waals surface area contributed by atoms with Gasteiger partial charge in [0.25, 0.3) is 0 Å². The molecule has 0 amide bonds. The van der Waals surface area contributed by atoms with E-state index in [2.05, 4.69) is 252 Å². The molecule has 0 aliphatic carbocycles. The van der Waals surface area contributed by atoms with Crippen molar-refractivity contribution >= 4 is 65.3 Å². The van der Waals surface area contributed by atoms with Crippen LogP contribution in [0, 0.1) is 0 Å². The van der Waals surface area contributed by atoms with Crippen molar-refractivity contribution in [1.29, 1.82) is 0 Å². The van der Waals surface area contributed by atoms with Crippen LogP contribution in [0.5, 0.6) is 0 Å². The maximum Gasteiger partial charge on any atom is 0.160 e. The largest absolute Gasteiger partial charge is 0.309 e. The van der Waals surface area contributed by atoms with Crippen molar-refractivity contribution in [2.24, 2.45) is 0 Å². The van der Waals surface area contributed by atoms with Gasteiger partial charge in [0.1, 0.15) is 0 Å². The summed E-state index contributed by atoms with van der Waals surface area (Å²) in [5.74, 6) is 0.679. The highest BCUT2D eigenvalue weighted by atomic mass is 15.0. The molecule has 70 heavy (non-hydrogen) atoms. The Hall–Kier alpha value is -9.45. The maximum absolute atomic E-state index is 5.40. The molecule has 0 fully saturated rings. The van der Waals surface area contributed by atoms with Crippen LogP contribution in [-0.2, 0) is 0 Å². The number of nitrogens with zero attached hydrogens (tertiary/aromatic N) is 5. The van der Waals surface area contributed by atoms with E-state index in [9.17, 15) is 0 Å². The van der Waals surface area contributed by atoms with Gasteiger partial charge in [0.05, 0.1) is 44.7 Å². The number of fused-ring (bicyclic) bond motifs is 9. The van der Waals surface area contributed by atoms with Crippen molar-refractivity contribution in [1.82, 2.24) is 24.1 Å². The molecule has 0 spiro atoms. The number of rotatable bonds is 7. The zero-order chi connectivity index (χ0) is 46.1. The normalized spacial score (nSPS) is 11.7. The first kappa shape index (κ1) is 39.7. The molecule has 10 aromatic carbocycles. The van der Waals surface area contributed by atoms with Crippen molar-refractivity contribution in [3.63, 3.8) is 0 Å². The Morgan fingerprint density at radius 3 is 1.34 bits per heavy atom. The van der Waals surface area contributed by atoms with Crippen LogP contribution in [0.2, 0.25) is 0 Å². The van der Waals surface area contributed by atoms with Crippen LogP contribution < -0.4 is 0 Å². The summed E-state index contributed by atoms with van der Waals surface area (Å²) < 4.78 is 4.73. The fourth-order valence-corrected chi connectivity index (χ4v) is 10.6. The zero-order valence-electron chi connectivity index (χ0n) is 37.9. The average molecular weight is 892 g/mol. The summed E-state index contributed by atoms with van der Waals surface area (Å²) in [5, 5.41) is 8.31. The van der Waals surface area contributed by atoms with E-state index in [0.29, 0.717) is 5.82 Å². The number of pyridine rings is 1. The van der Waals surface area contributed by atoms with E-state index in [-0.39, 0.29) is 0 Å². The molecule has 0 saturated carbocycles. The van der Waals surface area contributed by atoms with E-state index >= 15 is 0 Å². The third-order valence-electron chi connectivity index (χ3n) is 13.9. The van der Waals surface area contributed by atoms with E-state index in [1.54, 1.807) is 0 Å². The lowest BCUT2D eigenvalue weighted by atomic mass is 9.95. The van der Waals surface area contributed by atoms with Gasteiger partial charge in [-0.15, -0.1) is 0 Å². The van der Waals surface area contributed by atoms with Gasteiger partial charge >= 0.3 is 0 Å². The van der Waals surface area contributed by atoms with Gasteiger partial charge in [-0.1, -0.05) is 164 Å². The molecule has 0 bridgehead atoms. The molecule has 0 atom stereocenters. The number of hydrogen-bond donors (Lipinski definition) is 0. The van der Waals surface area contributed by atoms with E-state index in [0.717, 1.165) is 78.1 Å². The Balaban J connectivity index is 0.877. The zero-order valence-corrected chi connectivity index (χ0v) is 37.9. The summed E-state index contributed by atoms with van der Waals surface area (Å²) in [6.07, 6.45) is 0. The predicted molar refractivity (Wildman–Crippen MR) is 291 cm³/mol. The standard InChI is InChI=1S/C65H41N5/c1-4-16-43(17-5-1)58-41-59(68-65(67-58)46-32-35-49(36-33-46)69-60-25-13-10-22-50(60)51-23-11-14-26-61(51)69)44-30-28-42(29-31-44)47-34-37-57-54(38-47)53-40-63-55(39-56(53)64(66-57)45-18-6-2-7-19-45)52-24-12-15-27-62(52)70(63)48-20-8-3-9-21-48/h1-41H. The van der Waals surface area contributed by atoms with Crippen LogP contribution in [0.4, 0.5) is 0 Å². The lowest BCUT2D eigenvalue weighted by molar-refractivity contribution is 1.16. The van der Waals surface area contributed by atoms with Crippen LogP contribution >= 0.6 is 0 Å². The van der Waals surface area contributed by atoms with Gasteiger partial charge in [-0.3, -0.25) is 0 Å². The predicted octanol–water partition coefficient (Wildman–Crippen LogP) is 16.7. The van der Waals surface area contributed by atoms with Crippen molar-refractivity contribution in [3.05, 3.63) is 249 Å². The lowest BCUT2D eigenvalue weighted by Crippen LogP contribution is -1.97. The Bertz CT molecular complexity index is 4250. The highest BCUT2D eigenvalue weighted by molar-refractivity contribution is 6.20. The summed E-state index contributed by atoms with van der Waals surface area (Å²) in [6.45, 7) is 0. The molecule has 0 aliphatic heterocycles. The van der Waals surface area contributed by atoms with Crippen LogP contribution in [0.1, 0.15) is 0 Å². The minimum atomic E-state index is 0.679. The SMILES string of the molecule is c1ccc(-c2cc(-c3ccc(-c4ccc5nc(-c6ccccc6)c6cc7c8ccccc8n(-c8ccccc8)c7cc6c5c4)cc3)nc(-c3ccc(-n4c5ccccc5c5ccccc54)cc3)n2)cc1. The van der Waals surface area contributed by atoms with Gasteiger partial charge in [0.2, 0.25) is 0 Å². The summed E-state index contributed by atoms with van der Waals surface area (Å²) >= 11 is 0. The summed E-state index contributed by atoms with van der Waals surface area (Å²) in [6, 6.07) is 88.5. The van der Waals surface area contributed by atoms with Crippen molar-refractivity contribution in [2.75, 3.05) is 0 Å². The Kier molecular flexibility index (Phi) is 9.14. The number of para-hydroxylation sites is 4. The second-order valence-electron chi connectivity index (χ2n) is 18.0. The number of benzene rings is 10. The first-order valence-electron chi connectivity index (χ1n) is 23.8. The molecule has 5 nitrogen and oxygen atoms in total. The molecule has 0 aliphatic rings. The Morgan fingerprint density at radius 2 is 0.714 bits per heavy atom. The molecule has 0 saturated heterocycles. The van der Waals surface area contributed by atoms with E-state index in [1.807, 2.05) is 6.07 Å². The molecule has 14 rings (SSSR count). The molecule has 4 aromatic heterocycles. The van der Waals surface area contributed by atoms with Crippen molar-refractivity contribution in [3.8, 4) is 67.7 Å². The third-order valence-corrected chi connectivity index (χ3v) is 13.9. The fraction of sp³-hybridized carbons (Fsp3) is 0. The van der Waals surface area contributed by atoms with Crippen LogP contribution in [0.3, 0.4) is 0 Å². The topological polar surface area (TPSA) is 48.5 Å². The highest BCUT2D eigenvalue weighted by Gasteiger charge is 2.19. The lowest BCUT2D eigenvalue weighted by Gasteiger charge is -2.14. The van der Waals surface area contributed by atoms with Gasteiger partial charge < -0.3 is 9.13 Å². The summed E-state index contributed by atoms with van der Waals surface area (Å²) in [4.78, 5) is 15.8. The quantitative estimate of drug-likeness (QED) is 0.150. The number of hydrogen-bond acceptors (Lipinski definition) is 3. The smallest absolute Gasteiger partial charge is 0.160 e. The first-order chi connectivity index (χ1) is 34.7. The average Bonchev–Trinajstić information content (AvgIpc) is 3.95. The van der Waals surface area contributed by atoms with Crippen LogP contribution in [0.15, 0.2) is 249 Å². The van der Waals surface area contributed by atoms with Crippen molar-refractivity contribution in [2.45, 2.75) is 0 Å². The fourth-order valence-electron chi connectivity index (χ4n) is 10.6. The number of aromatic nitrogens is 5. The first-order valence-corrected chi connectivity index (χ1v) is 23.8. The molecule has 5 heteroatoms. The Labute approximate surface area is 403 Å². The molecule has 0 N–H and O–H groups in total. The van der Waals surface area contributed by atoms with Crippen LogP contribution in [-0.4, -0.2) is 24.1 Å². The van der Waals surface area contributed by atoms with Gasteiger partial charge in [0, 0.05) is 65.9 Å². The molecule has 14 aromatic rings. The van der Waals surface area contributed by atoms with Crippen molar-refractivity contribution < 1.29 is 0 Å². The van der Waals surface area contributed by atoms with Gasteiger partial charge in [0.15, 0.2) is 5.82 Å². The van der Waals surface area contributed by atoms with E-state index in [1.165, 1.54) is 49.0 Å². The molecular weight excluding hydrogens is 851 g/mol. The molecule has 0 radical (unpaired) electrons. The Morgan fingerprint density at radius 1 is 0.243 bits per heavy atom. The van der Waals surface area contributed by atoms with E-state index in [4.69, 9.17) is 15.0 Å². The van der Waals surface area contributed by atoms with Gasteiger partial charge in [-0.05, 0) is 101 Å². The highest BCUT2D eigenvalue weighted by Crippen LogP contribution is 2.41. The summed E-state index contributed by atoms with van der Waals surface area (Å²) in [5.41, 5.74) is 17.0. The van der Waals surface area contributed by atoms with Gasteiger partial charge in [-0.2, -0.15) is 0 Å². The molecule has 4 heterocycles. The second kappa shape index (κ2) is 16.1. The molecule has 0 unspecified atom stereocenters. The van der Waals surface area contributed by atoms with Gasteiger partial charge in [-0.25, -0.2) is 15.0 Å². The summed E-state index contributed by atoms with van der Waals surface area (Å²) in [7, 11) is 0. The maximum atomic E-state index is 5.40. The van der Waals surface area contributed by atoms with E-state index < -0.39 is 0 Å². The molecule has 326 valence electrons. The van der Waals surface area contributed by atoms with Crippen LogP contribution in [0.25, 0.3) is 133 Å². The monoisotopic (exact) mass is 891 g/mol. The molecular formula is C65H41N5. The second-order valence-corrected chi connectivity index (χ2v) is 18.0. The minimum Gasteiger partial charge on any atom is -0.309 e. The third kappa shape index (κ3) is 6.51.